The largest absolute Gasteiger partial charge is 0.494 e. The first kappa shape index (κ1) is 23.7. The van der Waals surface area contributed by atoms with E-state index in [9.17, 15) is 18.4 Å². The minimum absolute atomic E-state index is 0.0335. The topological polar surface area (TPSA) is 107 Å². The number of methoxy groups -OCH3 is 2. The number of urea groups is 1. The second-order valence-corrected chi connectivity index (χ2v) is 7.52. The Labute approximate surface area is 199 Å². The predicted molar refractivity (Wildman–Crippen MR) is 125 cm³/mol. The molecule has 0 radical (unpaired) electrons. The molecular formula is C24H21F2N5O4. The molecule has 0 atom stereocenters. The lowest BCUT2D eigenvalue weighted by atomic mass is 10.1. The van der Waals surface area contributed by atoms with E-state index in [-0.39, 0.29) is 28.7 Å². The lowest BCUT2D eigenvalue weighted by molar-refractivity contribution is 0.111. The third kappa shape index (κ3) is 4.93. The quantitative estimate of drug-likeness (QED) is 0.528. The van der Waals surface area contributed by atoms with Crippen molar-refractivity contribution in [1.82, 2.24) is 15.0 Å². The number of carbonyl (C=O) groups is 2. The summed E-state index contributed by atoms with van der Waals surface area (Å²) in [4.78, 5) is 37.8. The monoisotopic (exact) mass is 481 g/mol. The Morgan fingerprint density at radius 3 is 2.40 bits per heavy atom. The fourth-order valence-corrected chi connectivity index (χ4v) is 3.60. The number of aromatic nitrogens is 3. The van der Waals surface area contributed by atoms with Gasteiger partial charge >= 0.3 is 6.03 Å². The predicted octanol–water partition coefficient (Wildman–Crippen LogP) is 4.13. The highest BCUT2D eigenvalue weighted by molar-refractivity contribution is 6.01. The first-order chi connectivity index (χ1) is 16.9. The summed E-state index contributed by atoms with van der Waals surface area (Å²) >= 11 is 0. The van der Waals surface area contributed by atoms with Gasteiger partial charge in [-0.3, -0.25) is 15.0 Å². The Morgan fingerprint density at radius 2 is 1.77 bits per heavy atom. The van der Waals surface area contributed by atoms with Crippen molar-refractivity contribution in [2.24, 2.45) is 0 Å². The summed E-state index contributed by atoms with van der Waals surface area (Å²) in [6.45, 7) is 0.427. The zero-order valence-corrected chi connectivity index (χ0v) is 18.9. The number of nitrogens with zero attached hydrogens (tertiary/aromatic N) is 4. The number of anilines is 2. The zero-order chi connectivity index (χ0) is 24.9. The van der Waals surface area contributed by atoms with Crippen LogP contribution in [0.25, 0.3) is 12.2 Å². The molecule has 3 heterocycles. The Bertz CT molecular complexity index is 1270. The number of hydrogen-bond donors (Lipinski definition) is 1. The molecule has 1 aliphatic heterocycles. The summed E-state index contributed by atoms with van der Waals surface area (Å²) in [6, 6.07) is 4.03. The molecular weight excluding hydrogens is 460 g/mol. The van der Waals surface area contributed by atoms with E-state index in [0.717, 1.165) is 24.5 Å². The van der Waals surface area contributed by atoms with E-state index < -0.39 is 17.7 Å². The maximum Gasteiger partial charge on any atom is 0.329 e. The highest BCUT2D eigenvalue weighted by atomic mass is 19.1. The van der Waals surface area contributed by atoms with Crippen LogP contribution in [-0.4, -0.2) is 48.0 Å². The van der Waals surface area contributed by atoms with Crippen molar-refractivity contribution >= 4 is 36.2 Å². The van der Waals surface area contributed by atoms with Crippen LogP contribution in [0.5, 0.6) is 11.5 Å². The Kier molecular flexibility index (Phi) is 6.95. The molecule has 9 nitrogen and oxygen atoms in total. The summed E-state index contributed by atoms with van der Waals surface area (Å²) in [5, 5.41) is 2.60. The van der Waals surface area contributed by atoms with Gasteiger partial charge in [-0.05, 0) is 30.5 Å². The Hall–Kier alpha value is -4.41. The minimum Gasteiger partial charge on any atom is -0.494 e. The molecule has 11 heteroatoms. The number of benzene rings is 1. The fraction of sp³-hybridized carbons (Fsp3) is 0.208. The lowest BCUT2D eigenvalue weighted by Crippen LogP contribution is -2.39. The summed E-state index contributed by atoms with van der Waals surface area (Å²) in [6.07, 6.45) is 7.53. The van der Waals surface area contributed by atoms with Gasteiger partial charge in [-0.2, -0.15) is 0 Å². The maximum atomic E-state index is 14.5. The molecule has 0 bridgehead atoms. The van der Waals surface area contributed by atoms with E-state index in [1.54, 1.807) is 12.1 Å². The van der Waals surface area contributed by atoms with Gasteiger partial charge in [0.2, 0.25) is 5.95 Å². The van der Waals surface area contributed by atoms with Crippen LogP contribution in [0.3, 0.4) is 0 Å². The normalized spacial score (nSPS) is 12.9. The number of ether oxygens (including phenoxy) is 2. The van der Waals surface area contributed by atoms with E-state index in [1.165, 1.54) is 43.7 Å². The van der Waals surface area contributed by atoms with Crippen molar-refractivity contribution in [3.8, 4) is 11.5 Å². The minimum atomic E-state index is -0.875. The van der Waals surface area contributed by atoms with Crippen LogP contribution in [0.15, 0.2) is 30.6 Å². The molecule has 2 amide bonds. The van der Waals surface area contributed by atoms with Gasteiger partial charge in [0.05, 0.1) is 19.8 Å². The molecule has 1 aromatic carbocycles. The molecule has 0 spiro atoms. The van der Waals surface area contributed by atoms with E-state index >= 15 is 0 Å². The number of carbonyl (C=O) groups excluding carboxylic acids is 2. The summed E-state index contributed by atoms with van der Waals surface area (Å²) < 4.78 is 38.9. The van der Waals surface area contributed by atoms with Gasteiger partial charge in [-0.1, -0.05) is 12.1 Å². The van der Waals surface area contributed by atoms with Crippen LogP contribution in [0.4, 0.5) is 25.3 Å². The first-order valence-corrected chi connectivity index (χ1v) is 10.6. The van der Waals surface area contributed by atoms with E-state index in [2.05, 4.69) is 20.3 Å². The number of nitrogens with one attached hydrogen (secondary N) is 1. The summed E-state index contributed by atoms with van der Waals surface area (Å²) in [5.41, 5.74) is 1.19. The van der Waals surface area contributed by atoms with Crippen LogP contribution in [0.1, 0.15) is 33.6 Å². The van der Waals surface area contributed by atoms with Crippen molar-refractivity contribution in [2.45, 2.75) is 12.8 Å². The maximum absolute atomic E-state index is 14.5. The summed E-state index contributed by atoms with van der Waals surface area (Å²) in [7, 11) is 2.54. The molecule has 0 fully saturated rings. The first-order valence-electron chi connectivity index (χ1n) is 10.6. The molecule has 0 aliphatic carbocycles. The molecule has 0 unspecified atom stereocenters. The zero-order valence-electron chi connectivity index (χ0n) is 18.9. The third-order valence-electron chi connectivity index (χ3n) is 5.37. The average molecular weight is 481 g/mol. The molecule has 2 aromatic heterocycles. The molecule has 0 saturated heterocycles. The highest BCUT2D eigenvalue weighted by Crippen LogP contribution is 2.32. The van der Waals surface area contributed by atoms with Crippen LogP contribution in [0.2, 0.25) is 0 Å². The number of halogens is 2. The number of aldehydes is 1. The van der Waals surface area contributed by atoms with E-state index in [1.807, 2.05) is 0 Å². The summed E-state index contributed by atoms with van der Waals surface area (Å²) in [5.74, 6) is -1.61. The van der Waals surface area contributed by atoms with Crippen LogP contribution < -0.4 is 19.7 Å². The van der Waals surface area contributed by atoms with Gasteiger partial charge in [0.25, 0.3) is 0 Å². The number of rotatable bonds is 6. The van der Waals surface area contributed by atoms with Gasteiger partial charge in [0.15, 0.2) is 29.4 Å². The molecule has 180 valence electrons. The Morgan fingerprint density at radius 1 is 1.09 bits per heavy atom. The number of fused-ring (bicyclic) bond motifs is 1. The fourth-order valence-electron chi connectivity index (χ4n) is 3.60. The smallest absolute Gasteiger partial charge is 0.329 e. The lowest BCUT2D eigenvalue weighted by Gasteiger charge is -2.28. The van der Waals surface area contributed by atoms with Gasteiger partial charge in [-0.15, -0.1) is 0 Å². The number of amides is 2. The van der Waals surface area contributed by atoms with Crippen LogP contribution >= 0.6 is 0 Å². The number of aryl methyl sites for hydroxylation is 1. The van der Waals surface area contributed by atoms with Gasteiger partial charge in [0, 0.05) is 30.6 Å². The van der Waals surface area contributed by atoms with Crippen molar-refractivity contribution in [1.29, 1.82) is 0 Å². The molecule has 35 heavy (non-hydrogen) atoms. The average Bonchev–Trinajstić information content (AvgIpc) is 2.89. The SMILES string of the molecule is COc1cc(OC)c(F)c(/C=C/c2cnc(NC(=O)N3CCCc4ccc(C=O)nc43)nc2)c1F. The van der Waals surface area contributed by atoms with E-state index in [4.69, 9.17) is 9.47 Å². The molecule has 1 aliphatic rings. The third-order valence-corrected chi connectivity index (χ3v) is 5.37. The van der Waals surface area contributed by atoms with Crippen LogP contribution in [-0.2, 0) is 6.42 Å². The van der Waals surface area contributed by atoms with Gasteiger partial charge in [-0.25, -0.2) is 28.5 Å². The molecule has 1 N–H and O–H groups in total. The molecule has 3 aromatic rings. The van der Waals surface area contributed by atoms with Crippen molar-refractivity contribution in [2.75, 3.05) is 31.0 Å². The highest BCUT2D eigenvalue weighted by Gasteiger charge is 2.25. The van der Waals surface area contributed by atoms with Crippen LogP contribution in [0, 0.1) is 11.6 Å². The Balaban J connectivity index is 1.50. The van der Waals surface area contributed by atoms with Crippen molar-refractivity contribution in [3.05, 3.63) is 64.6 Å². The molecule has 0 saturated carbocycles. The second kappa shape index (κ2) is 10.2. The van der Waals surface area contributed by atoms with E-state index in [0.29, 0.717) is 24.2 Å². The second-order valence-electron chi connectivity index (χ2n) is 7.52. The number of hydrogen-bond acceptors (Lipinski definition) is 7. The van der Waals surface area contributed by atoms with Gasteiger partial charge in [0.1, 0.15) is 11.5 Å². The standard InChI is InChI=1S/C24H21F2N5O4/c1-34-18-10-19(35-2)21(26)17(20(18)25)8-5-14-11-27-23(28-12-14)30-24(33)31-9-3-4-15-6-7-16(13-32)29-22(15)31/h5-8,10-13H,3-4,9H2,1-2H3,(H,27,28,30,33)/b8-5+. The van der Waals surface area contributed by atoms with Crippen molar-refractivity contribution in [3.63, 3.8) is 0 Å². The van der Waals surface area contributed by atoms with Gasteiger partial charge < -0.3 is 9.47 Å². The number of pyridine rings is 1. The molecule has 4 rings (SSSR count). The van der Waals surface area contributed by atoms with Crippen molar-refractivity contribution < 1.29 is 27.8 Å².